The van der Waals surface area contributed by atoms with Crippen molar-refractivity contribution in [2.45, 2.75) is 6.54 Å². The standard InChI is InChI=1S/C19H16BrN3O2/c20-15-8-10-16(11-9-15)22-19(21-13-17-7-4-12-25-17)23-18(24)14-5-2-1-3-6-14/h1-12H,13H2,(H2,21,22,23,24). The predicted molar refractivity (Wildman–Crippen MR) is 102 cm³/mol. The van der Waals surface area contributed by atoms with E-state index in [4.69, 9.17) is 4.42 Å². The monoisotopic (exact) mass is 397 g/mol. The van der Waals surface area contributed by atoms with Gasteiger partial charge in [0.2, 0.25) is 5.96 Å². The predicted octanol–water partition coefficient (Wildman–Crippen LogP) is 4.44. The number of carbonyl (C=O) groups excluding carboxylic acids is 1. The lowest BCUT2D eigenvalue weighted by molar-refractivity contribution is 0.0977. The fourth-order valence-electron chi connectivity index (χ4n) is 2.11. The smallest absolute Gasteiger partial charge is 0.257 e. The van der Waals surface area contributed by atoms with Crippen LogP contribution in [0, 0.1) is 0 Å². The Morgan fingerprint density at radius 3 is 2.44 bits per heavy atom. The number of nitrogens with one attached hydrogen (secondary N) is 2. The lowest BCUT2D eigenvalue weighted by atomic mass is 10.2. The molecule has 0 unspecified atom stereocenters. The number of hydrogen-bond acceptors (Lipinski definition) is 3. The molecule has 1 aromatic heterocycles. The molecule has 0 aliphatic heterocycles. The average molecular weight is 398 g/mol. The SMILES string of the molecule is O=C(NC(=NCc1ccco1)Nc1ccc(Br)cc1)c1ccccc1. The Hall–Kier alpha value is -2.86. The van der Waals surface area contributed by atoms with Gasteiger partial charge in [0.25, 0.3) is 5.91 Å². The van der Waals surface area contributed by atoms with E-state index in [9.17, 15) is 4.79 Å². The summed E-state index contributed by atoms with van der Waals surface area (Å²) < 4.78 is 6.26. The molecule has 0 saturated heterocycles. The van der Waals surface area contributed by atoms with Crippen molar-refractivity contribution in [1.29, 1.82) is 0 Å². The van der Waals surface area contributed by atoms with Crippen molar-refractivity contribution in [1.82, 2.24) is 5.32 Å². The quantitative estimate of drug-likeness (QED) is 0.505. The first kappa shape index (κ1) is 17.0. The van der Waals surface area contributed by atoms with E-state index in [0.717, 1.165) is 10.2 Å². The molecule has 3 aromatic rings. The summed E-state index contributed by atoms with van der Waals surface area (Å²) in [4.78, 5) is 16.8. The maximum atomic E-state index is 12.4. The minimum absolute atomic E-state index is 0.233. The van der Waals surface area contributed by atoms with Gasteiger partial charge < -0.3 is 9.73 Å². The van der Waals surface area contributed by atoms with Crippen LogP contribution in [0.5, 0.6) is 0 Å². The molecular weight excluding hydrogens is 382 g/mol. The summed E-state index contributed by atoms with van der Waals surface area (Å²) in [5, 5.41) is 5.93. The van der Waals surface area contributed by atoms with E-state index in [0.29, 0.717) is 23.8 Å². The van der Waals surface area contributed by atoms with Gasteiger partial charge >= 0.3 is 0 Å². The molecule has 6 heteroatoms. The number of amides is 1. The first-order chi connectivity index (χ1) is 12.2. The van der Waals surface area contributed by atoms with Crippen molar-refractivity contribution in [3.8, 4) is 0 Å². The van der Waals surface area contributed by atoms with E-state index in [1.54, 1.807) is 24.5 Å². The second-order valence-electron chi connectivity index (χ2n) is 5.20. The summed E-state index contributed by atoms with van der Waals surface area (Å²) in [6, 6.07) is 20.2. The molecule has 3 rings (SSSR count). The number of furan rings is 1. The van der Waals surface area contributed by atoms with Crippen LogP contribution in [0.25, 0.3) is 0 Å². The molecule has 0 aliphatic carbocycles. The van der Waals surface area contributed by atoms with Crippen molar-refractivity contribution in [2.75, 3.05) is 5.32 Å². The average Bonchev–Trinajstić information content (AvgIpc) is 3.16. The molecule has 2 N–H and O–H groups in total. The lowest BCUT2D eigenvalue weighted by Crippen LogP contribution is -2.36. The Morgan fingerprint density at radius 1 is 1.00 bits per heavy atom. The number of benzene rings is 2. The number of guanidine groups is 1. The lowest BCUT2D eigenvalue weighted by Gasteiger charge is -2.12. The van der Waals surface area contributed by atoms with Crippen LogP contribution in [-0.4, -0.2) is 11.9 Å². The third-order valence-electron chi connectivity index (χ3n) is 3.35. The van der Waals surface area contributed by atoms with Gasteiger partial charge in [-0.2, -0.15) is 0 Å². The van der Waals surface area contributed by atoms with Crippen molar-refractivity contribution in [3.05, 3.63) is 88.8 Å². The number of aliphatic imine (C=N–C) groups is 1. The number of rotatable bonds is 4. The van der Waals surface area contributed by atoms with Crippen LogP contribution in [0.2, 0.25) is 0 Å². The van der Waals surface area contributed by atoms with Crippen LogP contribution in [0.3, 0.4) is 0 Å². The van der Waals surface area contributed by atoms with Crippen LogP contribution in [0.15, 0.2) is 86.9 Å². The van der Waals surface area contributed by atoms with Crippen molar-refractivity contribution in [2.24, 2.45) is 4.99 Å². The first-order valence-corrected chi connectivity index (χ1v) is 8.46. The number of hydrogen-bond donors (Lipinski definition) is 2. The summed E-state index contributed by atoms with van der Waals surface area (Å²) in [7, 11) is 0. The Balaban J connectivity index is 1.76. The van der Waals surface area contributed by atoms with Gasteiger partial charge in [0.15, 0.2) is 0 Å². The maximum absolute atomic E-state index is 12.4. The van der Waals surface area contributed by atoms with E-state index >= 15 is 0 Å². The summed E-state index contributed by atoms with van der Waals surface area (Å²) in [5.41, 5.74) is 1.38. The number of carbonyl (C=O) groups is 1. The van der Waals surface area contributed by atoms with Crippen molar-refractivity contribution < 1.29 is 9.21 Å². The Labute approximate surface area is 153 Å². The van der Waals surface area contributed by atoms with Gasteiger partial charge in [-0.05, 0) is 48.5 Å². The van der Waals surface area contributed by atoms with E-state index in [1.807, 2.05) is 48.5 Å². The van der Waals surface area contributed by atoms with Crippen LogP contribution >= 0.6 is 15.9 Å². The molecule has 1 heterocycles. The molecular formula is C19H16BrN3O2. The summed E-state index contributed by atoms with van der Waals surface area (Å²) >= 11 is 3.40. The third-order valence-corrected chi connectivity index (χ3v) is 3.88. The van der Waals surface area contributed by atoms with Gasteiger partial charge in [-0.15, -0.1) is 0 Å². The second-order valence-corrected chi connectivity index (χ2v) is 6.11. The fourth-order valence-corrected chi connectivity index (χ4v) is 2.37. The molecule has 1 amide bonds. The summed E-state index contributed by atoms with van der Waals surface area (Å²) in [6.07, 6.45) is 1.59. The molecule has 5 nitrogen and oxygen atoms in total. The normalized spacial score (nSPS) is 11.2. The molecule has 0 aliphatic rings. The van der Waals surface area contributed by atoms with Crippen LogP contribution < -0.4 is 10.6 Å². The topological polar surface area (TPSA) is 66.6 Å². The highest BCUT2D eigenvalue weighted by Crippen LogP contribution is 2.14. The van der Waals surface area contributed by atoms with Crippen LogP contribution in [0.1, 0.15) is 16.1 Å². The van der Waals surface area contributed by atoms with Crippen LogP contribution in [0.4, 0.5) is 5.69 Å². The van der Waals surface area contributed by atoms with E-state index in [-0.39, 0.29) is 5.91 Å². The Morgan fingerprint density at radius 2 is 1.76 bits per heavy atom. The van der Waals surface area contributed by atoms with Gasteiger partial charge in [0.05, 0.1) is 6.26 Å². The fraction of sp³-hybridized carbons (Fsp3) is 0.0526. The number of halogens is 1. The summed E-state index contributed by atoms with van der Waals surface area (Å²) in [6.45, 7) is 0.320. The maximum Gasteiger partial charge on any atom is 0.257 e. The number of nitrogens with zero attached hydrogens (tertiary/aromatic N) is 1. The van der Waals surface area contributed by atoms with Gasteiger partial charge in [-0.3, -0.25) is 10.1 Å². The minimum Gasteiger partial charge on any atom is -0.467 e. The molecule has 0 bridgehead atoms. The highest BCUT2D eigenvalue weighted by Gasteiger charge is 2.09. The zero-order valence-corrected chi connectivity index (χ0v) is 14.9. The van der Waals surface area contributed by atoms with Gasteiger partial charge in [-0.1, -0.05) is 34.1 Å². The van der Waals surface area contributed by atoms with E-state index in [2.05, 4.69) is 31.6 Å². The second kappa shape index (κ2) is 8.30. The molecule has 2 aromatic carbocycles. The van der Waals surface area contributed by atoms with Gasteiger partial charge in [0, 0.05) is 15.7 Å². The first-order valence-electron chi connectivity index (χ1n) is 7.66. The van der Waals surface area contributed by atoms with Crippen LogP contribution in [-0.2, 0) is 6.54 Å². The zero-order valence-electron chi connectivity index (χ0n) is 13.3. The zero-order chi connectivity index (χ0) is 17.5. The largest absolute Gasteiger partial charge is 0.467 e. The van der Waals surface area contributed by atoms with Gasteiger partial charge in [-0.25, -0.2) is 4.99 Å². The molecule has 25 heavy (non-hydrogen) atoms. The van der Waals surface area contributed by atoms with Crippen molar-refractivity contribution >= 4 is 33.5 Å². The van der Waals surface area contributed by atoms with Crippen molar-refractivity contribution in [3.63, 3.8) is 0 Å². The molecule has 0 spiro atoms. The third kappa shape index (κ3) is 5.06. The molecule has 0 fully saturated rings. The summed E-state index contributed by atoms with van der Waals surface area (Å²) in [5.74, 6) is 0.833. The number of anilines is 1. The minimum atomic E-state index is -0.233. The highest BCUT2D eigenvalue weighted by atomic mass is 79.9. The Bertz CT molecular complexity index is 844. The van der Waals surface area contributed by atoms with E-state index < -0.39 is 0 Å². The highest BCUT2D eigenvalue weighted by molar-refractivity contribution is 9.10. The van der Waals surface area contributed by atoms with E-state index in [1.165, 1.54) is 0 Å². The van der Waals surface area contributed by atoms with Gasteiger partial charge in [0.1, 0.15) is 12.3 Å². The molecule has 126 valence electrons. The molecule has 0 radical (unpaired) electrons. The Kier molecular flexibility index (Phi) is 5.64. The molecule has 0 atom stereocenters. The molecule has 0 saturated carbocycles.